The van der Waals surface area contributed by atoms with Crippen molar-refractivity contribution in [3.8, 4) is 5.88 Å². The molecule has 0 radical (unpaired) electrons. The Hall–Kier alpha value is -1.34. The third-order valence-electron chi connectivity index (χ3n) is 1.69. The average Bonchev–Trinajstić information content (AvgIpc) is 2.59. The van der Waals surface area contributed by atoms with Crippen LogP contribution in [0.25, 0.3) is 6.08 Å². The van der Waals surface area contributed by atoms with Gasteiger partial charge in [0.2, 0.25) is 5.89 Å². The zero-order chi connectivity index (χ0) is 11.0. The number of thiocarbonyl (C=S) groups is 1. The number of nitrogens with one attached hydrogen (secondary N) is 1. The van der Waals surface area contributed by atoms with Gasteiger partial charge in [-0.2, -0.15) is 4.98 Å². The quantitative estimate of drug-likeness (QED) is 0.569. The van der Waals surface area contributed by atoms with E-state index < -0.39 is 0 Å². The predicted molar refractivity (Wildman–Crippen MR) is 59.2 cm³/mol. The largest absolute Gasteiger partial charge is 0.491 e. The minimum Gasteiger partial charge on any atom is -0.491 e. The van der Waals surface area contributed by atoms with Crippen LogP contribution in [0, 0.1) is 6.92 Å². The third kappa shape index (κ3) is 2.02. The number of thioether (sulfide) groups is 1. The van der Waals surface area contributed by atoms with Crippen molar-refractivity contribution < 1.29 is 14.3 Å². The second-order valence-corrected chi connectivity index (χ2v) is 4.50. The Morgan fingerprint density at radius 1 is 1.67 bits per heavy atom. The zero-order valence-corrected chi connectivity index (χ0v) is 9.24. The van der Waals surface area contributed by atoms with E-state index in [1.807, 2.05) is 0 Å². The van der Waals surface area contributed by atoms with E-state index in [9.17, 15) is 4.79 Å². The molecule has 1 fully saturated rings. The van der Waals surface area contributed by atoms with Gasteiger partial charge < -0.3 is 14.8 Å². The number of carbonyl (C=O) groups excluding carboxylic acids is 1. The van der Waals surface area contributed by atoms with Crippen LogP contribution in [0.15, 0.2) is 9.32 Å². The average molecular weight is 242 g/mol. The SMILES string of the molecule is Cc1oc(/C=C2\SC(=S)NC2=O)nc1O. The molecule has 0 spiro atoms. The highest BCUT2D eigenvalue weighted by Crippen LogP contribution is 2.26. The van der Waals surface area contributed by atoms with Crippen molar-refractivity contribution in [1.29, 1.82) is 0 Å². The maximum Gasteiger partial charge on any atom is 0.263 e. The Kier molecular flexibility index (Phi) is 2.49. The monoisotopic (exact) mass is 242 g/mol. The number of nitrogens with zero attached hydrogens (tertiary/aromatic N) is 1. The predicted octanol–water partition coefficient (Wildman–Crippen LogP) is 1.18. The van der Waals surface area contributed by atoms with Crippen molar-refractivity contribution >= 4 is 40.3 Å². The number of aromatic hydroxyl groups is 1. The normalized spacial score (nSPS) is 18.6. The van der Waals surface area contributed by atoms with Crippen LogP contribution < -0.4 is 5.32 Å². The second-order valence-electron chi connectivity index (χ2n) is 2.78. The summed E-state index contributed by atoms with van der Waals surface area (Å²) in [5.41, 5.74) is 0. The summed E-state index contributed by atoms with van der Waals surface area (Å²) in [4.78, 5) is 15.4. The number of rotatable bonds is 1. The summed E-state index contributed by atoms with van der Waals surface area (Å²) >= 11 is 5.94. The van der Waals surface area contributed by atoms with E-state index in [0.717, 1.165) is 11.8 Å². The van der Waals surface area contributed by atoms with Crippen LogP contribution in [0.3, 0.4) is 0 Å². The van der Waals surface area contributed by atoms with Crippen LogP contribution >= 0.6 is 24.0 Å². The molecule has 15 heavy (non-hydrogen) atoms. The molecule has 0 atom stereocenters. The lowest BCUT2D eigenvalue weighted by Gasteiger charge is -1.87. The first-order valence-corrected chi connectivity index (χ1v) is 5.20. The van der Waals surface area contributed by atoms with Gasteiger partial charge in [-0.05, 0) is 6.92 Å². The fourth-order valence-corrected chi connectivity index (χ4v) is 2.01. The molecule has 1 saturated heterocycles. The molecule has 0 saturated carbocycles. The minimum atomic E-state index is -0.277. The molecule has 0 aromatic carbocycles. The third-order valence-corrected chi connectivity index (χ3v) is 2.85. The van der Waals surface area contributed by atoms with Gasteiger partial charge in [-0.25, -0.2) is 0 Å². The Bertz CT molecular complexity index is 459. The van der Waals surface area contributed by atoms with E-state index in [0.29, 0.717) is 15.0 Å². The van der Waals surface area contributed by atoms with Gasteiger partial charge in [0.15, 0.2) is 5.76 Å². The Labute approximate surface area is 94.6 Å². The second kappa shape index (κ2) is 3.67. The van der Waals surface area contributed by atoms with Crippen LogP contribution in [-0.2, 0) is 4.79 Å². The number of oxazole rings is 1. The summed E-state index contributed by atoms with van der Waals surface area (Å²) in [6.45, 7) is 1.58. The first-order valence-electron chi connectivity index (χ1n) is 3.97. The van der Waals surface area contributed by atoms with E-state index >= 15 is 0 Å². The molecule has 7 heteroatoms. The zero-order valence-electron chi connectivity index (χ0n) is 7.60. The number of amides is 1. The number of carbonyl (C=O) groups is 1. The summed E-state index contributed by atoms with van der Waals surface area (Å²) in [5, 5.41) is 11.6. The molecule has 1 aliphatic heterocycles. The first kappa shape index (κ1) is 10.2. The van der Waals surface area contributed by atoms with Crippen molar-refractivity contribution in [2.75, 3.05) is 0 Å². The molecule has 2 rings (SSSR count). The van der Waals surface area contributed by atoms with Crippen LogP contribution in [0.4, 0.5) is 0 Å². The summed E-state index contributed by atoms with van der Waals surface area (Å²) in [6.07, 6.45) is 1.44. The lowest BCUT2D eigenvalue weighted by Crippen LogP contribution is -2.17. The first-order chi connectivity index (χ1) is 7.06. The highest BCUT2D eigenvalue weighted by Gasteiger charge is 2.23. The molecule has 1 aromatic heterocycles. The van der Waals surface area contributed by atoms with E-state index in [-0.39, 0.29) is 17.7 Å². The minimum absolute atomic E-state index is 0.173. The molecule has 78 valence electrons. The summed E-state index contributed by atoms with van der Waals surface area (Å²) < 4.78 is 5.49. The van der Waals surface area contributed by atoms with Gasteiger partial charge in [-0.1, -0.05) is 24.0 Å². The van der Waals surface area contributed by atoms with E-state index in [1.54, 1.807) is 6.92 Å². The number of aromatic nitrogens is 1. The molecule has 2 N–H and O–H groups in total. The fraction of sp³-hybridized carbons (Fsp3) is 0.125. The van der Waals surface area contributed by atoms with Crippen LogP contribution in [-0.4, -0.2) is 20.3 Å². The van der Waals surface area contributed by atoms with E-state index in [4.69, 9.17) is 21.7 Å². The van der Waals surface area contributed by atoms with Crippen molar-refractivity contribution in [2.45, 2.75) is 6.92 Å². The molecular formula is C8H6N2O3S2. The highest BCUT2D eigenvalue weighted by atomic mass is 32.2. The van der Waals surface area contributed by atoms with Gasteiger partial charge >= 0.3 is 0 Å². The molecule has 0 unspecified atom stereocenters. The highest BCUT2D eigenvalue weighted by molar-refractivity contribution is 8.26. The maximum atomic E-state index is 11.3. The fourth-order valence-electron chi connectivity index (χ4n) is 1.00. The summed E-state index contributed by atoms with van der Waals surface area (Å²) in [5.74, 6) is 0.0494. The van der Waals surface area contributed by atoms with Crippen molar-refractivity contribution in [2.24, 2.45) is 0 Å². The van der Waals surface area contributed by atoms with Gasteiger partial charge in [0.1, 0.15) is 4.32 Å². The molecule has 1 aromatic rings. The maximum absolute atomic E-state index is 11.3. The van der Waals surface area contributed by atoms with Crippen molar-refractivity contribution in [1.82, 2.24) is 10.3 Å². The van der Waals surface area contributed by atoms with Gasteiger partial charge in [-0.15, -0.1) is 0 Å². The molecule has 2 heterocycles. The smallest absolute Gasteiger partial charge is 0.263 e. The lowest BCUT2D eigenvalue weighted by molar-refractivity contribution is -0.115. The summed E-state index contributed by atoms with van der Waals surface area (Å²) in [6, 6.07) is 0. The van der Waals surface area contributed by atoms with E-state index in [2.05, 4.69) is 10.3 Å². The Morgan fingerprint density at radius 3 is 2.87 bits per heavy atom. The molecule has 1 aliphatic rings. The molecule has 5 nitrogen and oxygen atoms in total. The topological polar surface area (TPSA) is 75.4 Å². The number of hydrogen-bond donors (Lipinski definition) is 2. The van der Waals surface area contributed by atoms with Crippen LogP contribution in [0.1, 0.15) is 11.7 Å². The van der Waals surface area contributed by atoms with Gasteiger partial charge in [-0.3, -0.25) is 4.79 Å². The van der Waals surface area contributed by atoms with Crippen molar-refractivity contribution in [3.05, 3.63) is 16.6 Å². The van der Waals surface area contributed by atoms with Crippen LogP contribution in [0.5, 0.6) is 5.88 Å². The molecule has 0 aliphatic carbocycles. The van der Waals surface area contributed by atoms with Crippen molar-refractivity contribution in [3.63, 3.8) is 0 Å². The Morgan fingerprint density at radius 2 is 2.40 bits per heavy atom. The van der Waals surface area contributed by atoms with E-state index in [1.165, 1.54) is 6.08 Å². The van der Waals surface area contributed by atoms with Gasteiger partial charge in [0.25, 0.3) is 11.8 Å². The van der Waals surface area contributed by atoms with Gasteiger partial charge in [0.05, 0.1) is 4.91 Å². The Balaban J connectivity index is 2.30. The number of hydrogen-bond acceptors (Lipinski definition) is 6. The molecule has 0 bridgehead atoms. The number of aryl methyl sites for hydroxylation is 1. The molecule has 1 amide bonds. The van der Waals surface area contributed by atoms with Crippen LogP contribution in [0.2, 0.25) is 0 Å². The summed E-state index contributed by atoms with van der Waals surface area (Å²) in [7, 11) is 0. The standard InChI is InChI=1S/C8H6N2O3S2/c1-3-6(11)9-5(13-3)2-4-7(12)10-8(14)15-4/h2,11H,1H3,(H,10,12,14)/b4-2-. The van der Waals surface area contributed by atoms with Gasteiger partial charge in [0, 0.05) is 6.08 Å². The lowest BCUT2D eigenvalue weighted by atomic mass is 10.4. The molecular weight excluding hydrogens is 236 g/mol.